The molecule has 0 saturated carbocycles. The molecule has 0 unspecified atom stereocenters. The zero-order valence-corrected chi connectivity index (χ0v) is 29.4. The van der Waals surface area contributed by atoms with Gasteiger partial charge in [-0.1, -0.05) is 140 Å². The lowest BCUT2D eigenvalue weighted by Gasteiger charge is -2.10. The van der Waals surface area contributed by atoms with Gasteiger partial charge in [0.1, 0.15) is 16.8 Å². The molecule has 0 amide bonds. The Morgan fingerprint density at radius 2 is 1.07 bits per heavy atom. The molecule has 0 aliphatic heterocycles. The van der Waals surface area contributed by atoms with Crippen LogP contribution in [0.5, 0.6) is 0 Å². The van der Waals surface area contributed by atoms with Crippen molar-refractivity contribution in [3.8, 4) is 28.3 Å². The van der Waals surface area contributed by atoms with Crippen molar-refractivity contribution in [2.75, 3.05) is 0 Å². The van der Waals surface area contributed by atoms with Crippen LogP contribution >= 0.6 is 0 Å². The van der Waals surface area contributed by atoms with Crippen molar-refractivity contribution in [3.05, 3.63) is 170 Å². The number of hydrogen-bond donors (Lipinski definition) is 0. The Balaban J connectivity index is 1.18. The highest BCUT2D eigenvalue weighted by atomic mass is 16.3. The number of furan rings is 1. The molecular weight excluding hydrogens is 673 g/mol. The Morgan fingerprint density at radius 1 is 0.418 bits per heavy atom. The fourth-order valence-electron chi connectivity index (χ4n) is 9.30. The van der Waals surface area contributed by atoms with E-state index in [1.165, 1.54) is 65.2 Å². The number of rotatable bonds is 3. The van der Waals surface area contributed by atoms with Gasteiger partial charge in [-0.3, -0.25) is 4.57 Å². The molecule has 13 rings (SSSR count). The van der Waals surface area contributed by atoms with Crippen LogP contribution in [-0.2, 0) is 0 Å². The zero-order valence-electron chi connectivity index (χ0n) is 29.4. The predicted octanol–water partition coefficient (Wildman–Crippen LogP) is 13.1. The van der Waals surface area contributed by atoms with Crippen LogP contribution in [0.3, 0.4) is 0 Å². The van der Waals surface area contributed by atoms with E-state index in [9.17, 15) is 0 Å². The number of para-hydroxylation sites is 3. The number of nitrogens with zero attached hydrogens (tertiary/aromatic N) is 4. The molecule has 5 heteroatoms. The molecule has 5 aromatic heterocycles. The maximum absolute atomic E-state index is 6.58. The molecule has 0 aliphatic carbocycles. The normalized spacial score (nSPS) is 12.4. The Kier molecular flexibility index (Phi) is 5.57. The van der Waals surface area contributed by atoms with Crippen LogP contribution in [0.1, 0.15) is 0 Å². The predicted molar refractivity (Wildman–Crippen MR) is 227 cm³/mol. The highest BCUT2D eigenvalue weighted by molar-refractivity contribution is 6.37. The molecule has 5 nitrogen and oxygen atoms in total. The summed E-state index contributed by atoms with van der Waals surface area (Å²) < 4.78 is 11.3. The minimum absolute atomic E-state index is 0.611. The minimum atomic E-state index is 0.611. The molecule has 0 atom stereocenters. The molecule has 0 N–H and O–H groups in total. The summed E-state index contributed by atoms with van der Waals surface area (Å²) in [6, 6.07) is 60.4. The first-order chi connectivity index (χ1) is 27.3. The van der Waals surface area contributed by atoms with Crippen LogP contribution < -0.4 is 0 Å². The van der Waals surface area contributed by atoms with E-state index in [0.717, 1.165) is 44.3 Å². The van der Waals surface area contributed by atoms with Crippen molar-refractivity contribution in [1.82, 2.24) is 18.9 Å². The second-order valence-corrected chi connectivity index (χ2v) is 14.5. The number of hydrogen-bond acceptors (Lipinski definition) is 3. The average Bonchev–Trinajstić information content (AvgIpc) is 3.99. The number of benzene rings is 8. The number of fused-ring (bicyclic) bond motifs is 15. The standard InChI is InChI=1S/C50H28N4O/c1-2-12-29(13-3-1)30-22-24-32(25-23-30)45-49-46(37-18-8-11-21-42(37)55-49)52-50(51-45)53-39-19-9-6-16-35(39)43-41(53)28-38-34-27-26-31-14-4-5-15-33(31)47(34)54-40-20-10-7-17-36(40)44(43)48(38)54/h1-28H. The summed E-state index contributed by atoms with van der Waals surface area (Å²) in [7, 11) is 0. The van der Waals surface area contributed by atoms with Crippen LogP contribution in [-0.4, -0.2) is 18.9 Å². The van der Waals surface area contributed by atoms with Gasteiger partial charge in [-0.05, 0) is 46.8 Å². The van der Waals surface area contributed by atoms with Gasteiger partial charge in [-0.2, -0.15) is 0 Å². The first-order valence-corrected chi connectivity index (χ1v) is 18.7. The molecule has 0 spiro atoms. The van der Waals surface area contributed by atoms with Gasteiger partial charge < -0.3 is 8.82 Å². The van der Waals surface area contributed by atoms with E-state index in [1.54, 1.807) is 0 Å². The van der Waals surface area contributed by atoms with E-state index >= 15 is 0 Å². The van der Waals surface area contributed by atoms with Gasteiger partial charge in [0, 0.05) is 48.7 Å². The van der Waals surface area contributed by atoms with Crippen molar-refractivity contribution < 1.29 is 4.42 Å². The van der Waals surface area contributed by atoms with E-state index < -0.39 is 0 Å². The maximum Gasteiger partial charge on any atom is 0.236 e. The van der Waals surface area contributed by atoms with Gasteiger partial charge >= 0.3 is 0 Å². The van der Waals surface area contributed by atoms with Gasteiger partial charge in [-0.25, -0.2) is 9.97 Å². The maximum atomic E-state index is 6.58. The van der Waals surface area contributed by atoms with Gasteiger partial charge in [0.15, 0.2) is 5.58 Å². The summed E-state index contributed by atoms with van der Waals surface area (Å²) in [6.07, 6.45) is 0. The SMILES string of the molecule is c1ccc(-c2ccc(-c3nc(-n4c5ccccc5c5c6c7ccccc7n7c8c9ccccc9ccc8c(cc54)c67)nc4c3oc3ccccc34)cc2)cc1. The van der Waals surface area contributed by atoms with Crippen LogP contribution in [0.4, 0.5) is 0 Å². The summed E-state index contributed by atoms with van der Waals surface area (Å²) in [4.78, 5) is 10.8. The molecule has 8 aromatic carbocycles. The lowest BCUT2D eigenvalue weighted by Crippen LogP contribution is -2.03. The summed E-state index contributed by atoms with van der Waals surface area (Å²) in [6.45, 7) is 0. The van der Waals surface area contributed by atoms with E-state index in [4.69, 9.17) is 14.4 Å². The van der Waals surface area contributed by atoms with Crippen LogP contribution in [0.15, 0.2) is 174 Å². The Labute approximate surface area is 313 Å². The molecule has 0 fully saturated rings. The Hall–Kier alpha value is -7.50. The Morgan fingerprint density at radius 3 is 1.91 bits per heavy atom. The fraction of sp³-hybridized carbons (Fsp3) is 0. The van der Waals surface area contributed by atoms with Gasteiger partial charge in [0.2, 0.25) is 5.95 Å². The summed E-state index contributed by atoms with van der Waals surface area (Å²) >= 11 is 0. The molecule has 0 radical (unpaired) electrons. The highest BCUT2D eigenvalue weighted by Crippen LogP contribution is 2.48. The summed E-state index contributed by atoms with van der Waals surface area (Å²) in [5, 5.41) is 10.8. The van der Waals surface area contributed by atoms with Crippen molar-refractivity contribution in [2.24, 2.45) is 0 Å². The third kappa shape index (κ3) is 3.81. The van der Waals surface area contributed by atoms with Crippen LogP contribution in [0.2, 0.25) is 0 Å². The first-order valence-electron chi connectivity index (χ1n) is 18.7. The Bertz CT molecular complexity index is 3700. The third-order valence-corrected chi connectivity index (χ3v) is 11.7. The van der Waals surface area contributed by atoms with Gasteiger partial charge in [0.25, 0.3) is 0 Å². The fourth-order valence-corrected chi connectivity index (χ4v) is 9.30. The van der Waals surface area contributed by atoms with Crippen molar-refractivity contribution in [2.45, 2.75) is 0 Å². The van der Waals surface area contributed by atoms with Crippen LogP contribution in [0.25, 0.3) is 121 Å². The lowest BCUT2D eigenvalue weighted by molar-refractivity contribution is 0.666. The largest absolute Gasteiger partial charge is 0.452 e. The van der Waals surface area contributed by atoms with Crippen LogP contribution in [0, 0.1) is 0 Å². The monoisotopic (exact) mass is 700 g/mol. The average molecular weight is 701 g/mol. The first kappa shape index (κ1) is 29.0. The molecule has 0 bridgehead atoms. The van der Waals surface area contributed by atoms with Crippen molar-refractivity contribution >= 4 is 92.7 Å². The van der Waals surface area contributed by atoms with Gasteiger partial charge in [-0.15, -0.1) is 0 Å². The zero-order chi connectivity index (χ0) is 35.8. The lowest BCUT2D eigenvalue weighted by atomic mass is 10.0. The molecule has 13 aromatic rings. The van der Waals surface area contributed by atoms with Gasteiger partial charge in [0.05, 0.1) is 27.6 Å². The number of aromatic nitrogens is 4. The van der Waals surface area contributed by atoms with E-state index in [2.05, 4.69) is 155 Å². The summed E-state index contributed by atoms with van der Waals surface area (Å²) in [5.41, 5.74) is 12.2. The van der Waals surface area contributed by atoms with E-state index in [1.807, 2.05) is 24.3 Å². The molecule has 5 heterocycles. The second-order valence-electron chi connectivity index (χ2n) is 14.5. The molecular formula is C50H28N4O. The van der Waals surface area contributed by atoms with E-state index in [-0.39, 0.29) is 0 Å². The summed E-state index contributed by atoms with van der Waals surface area (Å²) in [5.74, 6) is 0.611. The smallest absolute Gasteiger partial charge is 0.236 e. The molecule has 0 aliphatic rings. The minimum Gasteiger partial charge on any atom is -0.452 e. The second kappa shape index (κ2) is 10.6. The van der Waals surface area contributed by atoms with E-state index in [0.29, 0.717) is 11.5 Å². The quantitative estimate of drug-likeness (QED) is 0.184. The molecule has 55 heavy (non-hydrogen) atoms. The molecule has 0 saturated heterocycles. The van der Waals surface area contributed by atoms with Crippen molar-refractivity contribution in [3.63, 3.8) is 0 Å². The third-order valence-electron chi connectivity index (χ3n) is 11.7. The molecule has 254 valence electrons. The van der Waals surface area contributed by atoms with Crippen molar-refractivity contribution in [1.29, 1.82) is 0 Å². The highest BCUT2D eigenvalue weighted by Gasteiger charge is 2.26. The topological polar surface area (TPSA) is 48.3 Å².